The van der Waals surface area contributed by atoms with E-state index in [0.29, 0.717) is 11.8 Å². The summed E-state index contributed by atoms with van der Waals surface area (Å²) in [6, 6.07) is 2.22. The molecule has 1 heterocycles. The second-order valence-corrected chi connectivity index (χ2v) is 5.86. The minimum atomic E-state index is 0.0222. The lowest BCUT2D eigenvalue weighted by Crippen LogP contribution is -2.11. The molecule has 2 N–H and O–H groups in total. The molecule has 0 amide bonds. The largest absolute Gasteiger partial charge is 0.323 e. The summed E-state index contributed by atoms with van der Waals surface area (Å²) >= 11 is 0. The Morgan fingerprint density at radius 3 is 2.00 bits per heavy atom. The van der Waals surface area contributed by atoms with Crippen LogP contribution in [-0.4, -0.2) is 4.98 Å². The highest BCUT2D eigenvalue weighted by atomic mass is 14.8. The molecule has 1 aromatic heterocycles. The van der Waals surface area contributed by atoms with Gasteiger partial charge in [-0.1, -0.05) is 27.7 Å². The Morgan fingerprint density at radius 1 is 1.00 bits per heavy atom. The SMILES string of the molecule is CC(C)Cc1cnc(C(C)N)cc1CC(C)C. The third-order valence-electron chi connectivity index (χ3n) is 2.83. The van der Waals surface area contributed by atoms with Gasteiger partial charge in [-0.05, 0) is 48.8 Å². The van der Waals surface area contributed by atoms with Crippen LogP contribution in [0.25, 0.3) is 0 Å². The van der Waals surface area contributed by atoms with E-state index in [2.05, 4.69) is 38.7 Å². The van der Waals surface area contributed by atoms with Gasteiger partial charge in [0.2, 0.25) is 0 Å². The third kappa shape index (κ3) is 4.47. The Kier molecular flexibility index (Phi) is 5.13. The van der Waals surface area contributed by atoms with Gasteiger partial charge < -0.3 is 5.73 Å². The fraction of sp³-hybridized carbons (Fsp3) is 0.667. The van der Waals surface area contributed by atoms with E-state index in [1.807, 2.05) is 13.1 Å². The molecule has 2 nitrogen and oxygen atoms in total. The number of nitrogens with zero attached hydrogens (tertiary/aromatic N) is 1. The molecule has 17 heavy (non-hydrogen) atoms. The smallest absolute Gasteiger partial charge is 0.0571 e. The number of pyridine rings is 1. The zero-order valence-corrected chi connectivity index (χ0v) is 11.8. The fourth-order valence-corrected chi connectivity index (χ4v) is 2.05. The van der Waals surface area contributed by atoms with E-state index in [1.165, 1.54) is 11.1 Å². The third-order valence-corrected chi connectivity index (χ3v) is 2.83. The van der Waals surface area contributed by atoms with E-state index in [1.54, 1.807) is 0 Å². The predicted octanol–water partition coefficient (Wildman–Crippen LogP) is 3.50. The quantitative estimate of drug-likeness (QED) is 0.847. The molecule has 0 aromatic carbocycles. The number of nitrogens with two attached hydrogens (primary N) is 1. The van der Waals surface area contributed by atoms with E-state index in [-0.39, 0.29) is 6.04 Å². The number of rotatable bonds is 5. The lowest BCUT2D eigenvalue weighted by atomic mass is 9.93. The Bertz CT molecular complexity index is 354. The summed E-state index contributed by atoms with van der Waals surface area (Å²) in [6.07, 6.45) is 4.25. The second kappa shape index (κ2) is 6.15. The lowest BCUT2D eigenvalue weighted by molar-refractivity contribution is 0.611. The molecule has 0 fully saturated rings. The van der Waals surface area contributed by atoms with Crippen LogP contribution < -0.4 is 5.73 Å². The molecule has 1 atom stereocenters. The van der Waals surface area contributed by atoms with E-state index < -0.39 is 0 Å². The van der Waals surface area contributed by atoms with Gasteiger partial charge >= 0.3 is 0 Å². The van der Waals surface area contributed by atoms with Crippen molar-refractivity contribution in [2.24, 2.45) is 17.6 Å². The fourth-order valence-electron chi connectivity index (χ4n) is 2.05. The van der Waals surface area contributed by atoms with Gasteiger partial charge in [-0.2, -0.15) is 0 Å². The van der Waals surface area contributed by atoms with Crippen LogP contribution in [0.3, 0.4) is 0 Å². The Balaban J connectivity index is 3.03. The molecule has 0 aliphatic rings. The normalized spacial score (nSPS) is 13.4. The first-order chi connectivity index (χ1) is 7.90. The summed E-state index contributed by atoms with van der Waals surface area (Å²) in [5.41, 5.74) is 9.72. The minimum absolute atomic E-state index is 0.0222. The molecule has 1 rings (SSSR count). The van der Waals surface area contributed by atoms with Crippen LogP contribution in [0.5, 0.6) is 0 Å². The second-order valence-electron chi connectivity index (χ2n) is 5.86. The highest BCUT2D eigenvalue weighted by Crippen LogP contribution is 2.20. The van der Waals surface area contributed by atoms with Crippen molar-refractivity contribution in [1.82, 2.24) is 4.98 Å². The molecule has 1 aromatic rings. The van der Waals surface area contributed by atoms with Gasteiger partial charge in [-0.3, -0.25) is 4.98 Å². The molecule has 96 valence electrons. The molecular weight excluding hydrogens is 208 g/mol. The van der Waals surface area contributed by atoms with Gasteiger partial charge in [-0.25, -0.2) is 0 Å². The van der Waals surface area contributed by atoms with Gasteiger partial charge in [0.1, 0.15) is 0 Å². The van der Waals surface area contributed by atoms with Crippen molar-refractivity contribution in [3.8, 4) is 0 Å². The van der Waals surface area contributed by atoms with Crippen molar-refractivity contribution < 1.29 is 0 Å². The minimum Gasteiger partial charge on any atom is -0.323 e. The molecule has 0 saturated heterocycles. The molecule has 2 heteroatoms. The topological polar surface area (TPSA) is 38.9 Å². The molecule has 0 spiro atoms. The first-order valence-electron chi connectivity index (χ1n) is 6.63. The zero-order valence-electron chi connectivity index (χ0n) is 11.8. The van der Waals surface area contributed by atoms with Crippen molar-refractivity contribution in [1.29, 1.82) is 0 Å². The van der Waals surface area contributed by atoms with Crippen LogP contribution in [0, 0.1) is 11.8 Å². The Hall–Kier alpha value is -0.890. The van der Waals surface area contributed by atoms with Crippen LogP contribution in [-0.2, 0) is 12.8 Å². The maximum Gasteiger partial charge on any atom is 0.0571 e. The van der Waals surface area contributed by atoms with Gasteiger partial charge in [0.15, 0.2) is 0 Å². The molecular formula is C15H26N2. The van der Waals surface area contributed by atoms with Crippen molar-refractivity contribution in [2.75, 3.05) is 0 Å². The van der Waals surface area contributed by atoms with Crippen LogP contribution in [0.15, 0.2) is 12.3 Å². The first kappa shape index (κ1) is 14.2. The van der Waals surface area contributed by atoms with E-state index in [4.69, 9.17) is 5.73 Å². The van der Waals surface area contributed by atoms with Gasteiger partial charge in [0.05, 0.1) is 5.69 Å². The number of aromatic nitrogens is 1. The standard InChI is InChI=1S/C15H26N2/c1-10(2)6-13-8-15(12(5)16)17-9-14(13)7-11(3)4/h8-12H,6-7,16H2,1-5H3. The van der Waals surface area contributed by atoms with Crippen molar-refractivity contribution >= 4 is 0 Å². The monoisotopic (exact) mass is 234 g/mol. The summed E-state index contributed by atoms with van der Waals surface area (Å²) in [7, 11) is 0. The van der Waals surface area contributed by atoms with E-state index in [0.717, 1.165) is 18.5 Å². The first-order valence-corrected chi connectivity index (χ1v) is 6.63. The lowest BCUT2D eigenvalue weighted by Gasteiger charge is -2.15. The van der Waals surface area contributed by atoms with Gasteiger partial charge in [0, 0.05) is 12.2 Å². The van der Waals surface area contributed by atoms with Crippen molar-refractivity contribution in [3.05, 3.63) is 29.1 Å². The Morgan fingerprint density at radius 2 is 1.53 bits per heavy atom. The maximum absolute atomic E-state index is 5.90. The molecule has 0 radical (unpaired) electrons. The number of hydrogen-bond acceptors (Lipinski definition) is 2. The summed E-state index contributed by atoms with van der Waals surface area (Å²) < 4.78 is 0. The molecule has 0 bridgehead atoms. The van der Waals surface area contributed by atoms with Crippen LogP contribution in [0.2, 0.25) is 0 Å². The summed E-state index contributed by atoms with van der Waals surface area (Å²) in [4.78, 5) is 4.47. The van der Waals surface area contributed by atoms with Gasteiger partial charge in [-0.15, -0.1) is 0 Å². The maximum atomic E-state index is 5.90. The zero-order chi connectivity index (χ0) is 13.0. The van der Waals surface area contributed by atoms with Crippen LogP contribution >= 0.6 is 0 Å². The molecule has 0 aliphatic carbocycles. The molecule has 1 unspecified atom stereocenters. The van der Waals surface area contributed by atoms with Crippen molar-refractivity contribution in [2.45, 2.75) is 53.5 Å². The molecule has 0 aliphatic heterocycles. The average Bonchev–Trinajstić information content (AvgIpc) is 2.18. The van der Waals surface area contributed by atoms with Crippen LogP contribution in [0.1, 0.15) is 57.5 Å². The summed E-state index contributed by atoms with van der Waals surface area (Å²) in [6.45, 7) is 11.0. The van der Waals surface area contributed by atoms with Crippen LogP contribution in [0.4, 0.5) is 0 Å². The van der Waals surface area contributed by atoms with E-state index in [9.17, 15) is 0 Å². The number of hydrogen-bond donors (Lipinski definition) is 1. The summed E-state index contributed by atoms with van der Waals surface area (Å²) in [5.74, 6) is 1.34. The van der Waals surface area contributed by atoms with Gasteiger partial charge in [0.25, 0.3) is 0 Å². The highest BCUT2D eigenvalue weighted by molar-refractivity contribution is 5.28. The highest BCUT2D eigenvalue weighted by Gasteiger charge is 2.10. The average molecular weight is 234 g/mol. The Labute approximate surface area is 106 Å². The van der Waals surface area contributed by atoms with Crippen molar-refractivity contribution in [3.63, 3.8) is 0 Å². The predicted molar refractivity (Wildman–Crippen MR) is 73.9 cm³/mol. The molecule has 0 saturated carbocycles. The van der Waals surface area contributed by atoms with E-state index >= 15 is 0 Å². The summed E-state index contributed by atoms with van der Waals surface area (Å²) in [5, 5.41) is 0.